The van der Waals surface area contributed by atoms with Crippen molar-refractivity contribution in [2.75, 3.05) is 19.0 Å². The third-order valence-electron chi connectivity index (χ3n) is 3.05. The van der Waals surface area contributed by atoms with Crippen LogP contribution < -0.4 is 10.2 Å². The van der Waals surface area contributed by atoms with Gasteiger partial charge in [0.25, 0.3) is 0 Å². The summed E-state index contributed by atoms with van der Waals surface area (Å²) in [6.45, 7) is 3.97. The van der Waals surface area contributed by atoms with E-state index in [0.29, 0.717) is 0 Å². The summed E-state index contributed by atoms with van der Waals surface area (Å²) in [7, 11) is 4.14. The zero-order valence-electron chi connectivity index (χ0n) is 11.5. The van der Waals surface area contributed by atoms with E-state index in [4.69, 9.17) is 0 Å². The lowest BCUT2D eigenvalue weighted by atomic mass is 10.1. The van der Waals surface area contributed by atoms with Gasteiger partial charge in [-0.2, -0.15) is 0 Å². The Balaban J connectivity index is 2.20. The fourth-order valence-corrected chi connectivity index (χ4v) is 3.41. The molecule has 2 aromatic rings. The van der Waals surface area contributed by atoms with Crippen LogP contribution in [0.3, 0.4) is 0 Å². The van der Waals surface area contributed by atoms with Gasteiger partial charge in [-0.15, -0.1) is 11.3 Å². The summed E-state index contributed by atoms with van der Waals surface area (Å²) in [5, 5.41) is 5.44. The molecule has 0 amide bonds. The number of aryl methyl sites for hydroxylation is 1. The molecule has 19 heavy (non-hydrogen) atoms. The van der Waals surface area contributed by atoms with E-state index >= 15 is 0 Å². The SMILES string of the molecule is CNCc1cc(C)ccc1N(C)Cc1csc(Br)c1. The van der Waals surface area contributed by atoms with Gasteiger partial charge < -0.3 is 10.2 Å². The van der Waals surface area contributed by atoms with Crippen LogP contribution in [-0.4, -0.2) is 14.1 Å². The zero-order valence-corrected chi connectivity index (χ0v) is 13.9. The third-order valence-corrected chi connectivity index (χ3v) is 4.61. The molecule has 2 rings (SSSR count). The van der Waals surface area contributed by atoms with Gasteiger partial charge in [0.1, 0.15) is 0 Å². The highest BCUT2D eigenvalue weighted by Crippen LogP contribution is 2.25. The first-order chi connectivity index (χ1) is 9.10. The van der Waals surface area contributed by atoms with Gasteiger partial charge in [0.05, 0.1) is 3.79 Å². The van der Waals surface area contributed by atoms with Gasteiger partial charge in [-0.25, -0.2) is 0 Å². The maximum absolute atomic E-state index is 3.52. The van der Waals surface area contributed by atoms with Gasteiger partial charge >= 0.3 is 0 Å². The minimum atomic E-state index is 0.898. The third kappa shape index (κ3) is 3.81. The lowest BCUT2D eigenvalue weighted by Gasteiger charge is -2.22. The molecule has 0 aliphatic rings. The lowest BCUT2D eigenvalue weighted by molar-refractivity contribution is 0.805. The topological polar surface area (TPSA) is 15.3 Å². The number of hydrogen-bond donors (Lipinski definition) is 1. The molecule has 1 aromatic carbocycles. The standard InChI is InChI=1S/C15H19BrN2S/c1-11-4-5-14(13(6-11)8-17-2)18(3)9-12-7-15(16)19-10-12/h4-7,10,17H,8-9H2,1-3H3. The predicted octanol–water partition coefficient (Wildman–Crippen LogP) is 4.17. The highest BCUT2D eigenvalue weighted by Gasteiger charge is 2.09. The van der Waals surface area contributed by atoms with Crippen LogP contribution in [-0.2, 0) is 13.1 Å². The van der Waals surface area contributed by atoms with Gasteiger partial charge in [0, 0.05) is 25.8 Å². The van der Waals surface area contributed by atoms with Crippen LogP contribution in [0, 0.1) is 6.92 Å². The van der Waals surface area contributed by atoms with Crippen molar-refractivity contribution in [3.05, 3.63) is 50.1 Å². The Kier molecular flexibility index (Phi) is 5.02. The highest BCUT2D eigenvalue weighted by molar-refractivity contribution is 9.11. The summed E-state index contributed by atoms with van der Waals surface area (Å²) in [5.41, 5.74) is 5.29. The van der Waals surface area contributed by atoms with Crippen LogP contribution in [0.2, 0.25) is 0 Å². The van der Waals surface area contributed by atoms with Crippen molar-refractivity contribution in [2.24, 2.45) is 0 Å². The molecular weight excluding hydrogens is 320 g/mol. The Morgan fingerprint density at radius 2 is 2.11 bits per heavy atom. The Morgan fingerprint density at radius 3 is 2.74 bits per heavy atom. The average molecular weight is 339 g/mol. The van der Waals surface area contributed by atoms with Crippen molar-refractivity contribution in [2.45, 2.75) is 20.0 Å². The summed E-state index contributed by atoms with van der Waals surface area (Å²) in [6, 6.07) is 8.83. The molecule has 4 heteroatoms. The van der Waals surface area contributed by atoms with Crippen LogP contribution in [0.15, 0.2) is 33.4 Å². The molecule has 0 aliphatic heterocycles. The smallest absolute Gasteiger partial charge is 0.0701 e. The van der Waals surface area contributed by atoms with E-state index in [9.17, 15) is 0 Å². The molecular formula is C15H19BrN2S. The quantitative estimate of drug-likeness (QED) is 0.879. The summed E-state index contributed by atoms with van der Waals surface area (Å²) in [6.07, 6.45) is 0. The van der Waals surface area contributed by atoms with Gasteiger partial charge in [0.2, 0.25) is 0 Å². The van der Waals surface area contributed by atoms with Gasteiger partial charge in [-0.05, 0) is 58.5 Å². The molecule has 0 unspecified atom stereocenters. The predicted molar refractivity (Wildman–Crippen MR) is 88.1 cm³/mol. The van der Waals surface area contributed by atoms with Crippen LogP contribution in [0.4, 0.5) is 5.69 Å². The van der Waals surface area contributed by atoms with E-state index < -0.39 is 0 Å². The number of nitrogens with zero attached hydrogens (tertiary/aromatic N) is 1. The summed E-state index contributed by atoms with van der Waals surface area (Å²) in [5.74, 6) is 0. The Morgan fingerprint density at radius 1 is 1.32 bits per heavy atom. The first-order valence-electron chi connectivity index (χ1n) is 6.28. The Bertz CT molecular complexity index is 551. The number of nitrogens with one attached hydrogen (secondary N) is 1. The second-order valence-corrected chi connectivity index (χ2v) is 7.07. The maximum Gasteiger partial charge on any atom is 0.0701 e. The molecule has 1 heterocycles. The van der Waals surface area contributed by atoms with Crippen molar-refractivity contribution in [3.63, 3.8) is 0 Å². The monoisotopic (exact) mass is 338 g/mol. The normalized spacial score (nSPS) is 10.7. The van der Waals surface area contributed by atoms with E-state index in [1.165, 1.54) is 26.2 Å². The maximum atomic E-state index is 3.52. The van der Waals surface area contributed by atoms with E-state index in [0.717, 1.165) is 13.1 Å². The van der Waals surface area contributed by atoms with Crippen molar-refractivity contribution in [1.82, 2.24) is 5.32 Å². The minimum Gasteiger partial charge on any atom is -0.370 e. The lowest BCUT2D eigenvalue weighted by Crippen LogP contribution is -2.19. The van der Waals surface area contributed by atoms with Crippen molar-refractivity contribution < 1.29 is 0 Å². The number of benzene rings is 1. The fourth-order valence-electron chi connectivity index (χ4n) is 2.21. The van der Waals surface area contributed by atoms with Crippen LogP contribution in [0.1, 0.15) is 16.7 Å². The number of anilines is 1. The van der Waals surface area contributed by atoms with E-state index in [2.05, 4.69) is 69.8 Å². The van der Waals surface area contributed by atoms with Gasteiger partial charge in [-0.3, -0.25) is 0 Å². The minimum absolute atomic E-state index is 0.898. The number of halogens is 1. The number of rotatable bonds is 5. The van der Waals surface area contributed by atoms with Crippen LogP contribution in [0.5, 0.6) is 0 Å². The fraction of sp³-hybridized carbons (Fsp3) is 0.333. The van der Waals surface area contributed by atoms with Crippen LogP contribution in [0.25, 0.3) is 0 Å². The molecule has 0 fully saturated rings. The van der Waals surface area contributed by atoms with E-state index in [1.807, 2.05) is 7.05 Å². The van der Waals surface area contributed by atoms with Crippen molar-refractivity contribution in [1.29, 1.82) is 0 Å². The average Bonchev–Trinajstić information content (AvgIpc) is 2.75. The molecule has 0 bridgehead atoms. The first-order valence-corrected chi connectivity index (χ1v) is 7.95. The van der Waals surface area contributed by atoms with Gasteiger partial charge in [0.15, 0.2) is 0 Å². The largest absolute Gasteiger partial charge is 0.370 e. The second-order valence-electron chi connectivity index (χ2n) is 4.78. The molecule has 0 radical (unpaired) electrons. The molecule has 0 aliphatic carbocycles. The second kappa shape index (κ2) is 6.55. The Hall–Kier alpha value is -0.840. The van der Waals surface area contributed by atoms with E-state index in [-0.39, 0.29) is 0 Å². The summed E-state index contributed by atoms with van der Waals surface area (Å²) >= 11 is 5.25. The summed E-state index contributed by atoms with van der Waals surface area (Å²) < 4.78 is 1.19. The molecule has 1 aromatic heterocycles. The Labute approximate surface area is 127 Å². The van der Waals surface area contributed by atoms with Crippen molar-refractivity contribution >= 4 is 33.0 Å². The van der Waals surface area contributed by atoms with Crippen molar-refractivity contribution in [3.8, 4) is 0 Å². The molecule has 2 nitrogen and oxygen atoms in total. The summed E-state index contributed by atoms with van der Waals surface area (Å²) in [4.78, 5) is 2.31. The molecule has 102 valence electrons. The van der Waals surface area contributed by atoms with Gasteiger partial charge in [-0.1, -0.05) is 17.7 Å². The van der Waals surface area contributed by atoms with E-state index in [1.54, 1.807) is 11.3 Å². The highest BCUT2D eigenvalue weighted by atomic mass is 79.9. The molecule has 0 saturated carbocycles. The van der Waals surface area contributed by atoms with Crippen LogP contribution >= 0.6 is 27.3 Å². The number of hydrogen-bond acceptors (Lipinski definition) is 3. The zero-order chi connectivity index (χ0) is 13.8. The molecule has 0 spiro atoms. The first kappa shape index (κ1) is 14.6. The molecule has 1 N–H and O–H groups in total. The molecule has 0 saturated heterocycles. The molecule has 0 atom stereocenters. The number of thiophene rings is 1.